The number of carboxylic acid groups (broad SMARTS) is 1. The summed E-state index contributed by atoms with van der Waals surface area (Å²) in [5.74, 6) is 1.77. The lowest BCUT2D eigenvalue weighted by molar-refractivity contribution is -0.124. The van der Waals surface area contributed by atoms with Gasteiger partial charge in [0.2, 0.25) is 0 Å². The maximum absolute atomic E-state index is 12.0. The van der Waals surface area contributed by atoms with Gasteiger partial charge in [-0.2, -0.15) is 0 Å². The molecule has 1 fully saturated rings. The number of carbonyl (C=O) groups excluding carboxylic acids is 1. The van der Waals surface area contributed by atoms with Gasteiger partial charge in [0.15, 0.2) is 6.61 Å². The van der Waals surface area contributed by atoms with E-state index >= 15 is 0 Å². The highest BCUT2D eigenvalue weighted by atomic mass is 16.5. The van der Waals surface area contributed by atoms with Gasteiger partial charge in [0, 0.05) is 24.8 Å². The first kappa shape index (κ1) is 23.2. The molecule has 1 aliphatic heterocycles. The van der Waals surface area contributed by atoms with Gasteiger partial charge >= 0.3 is 0 Å². The average molecular weight is 415 g/mol. The molecule has 0 spiro atoms. The molecule has 30 heavy (non-hydrogen) atoms. The minimum Gasteiger partial charge on any atom is -0.484 e. The first-order chi connectivity index (χ1) is 14.5. The molecule has 2 heterocycles. The molecule has 1 aliphatic rings. The molecule has 0 atom stereocenters. The summed E-state index contributed by atoms with van der Waals surface area (Å²) in [6, 6.07) is 11.7. The van der Waals surface area contributed by atoms with Crippen LogP contribution in [0.25, 0.3) is 0 Å². The van der Waals surface area contributed by atoms with E-state index in [0.29, 0.717) is 18.3 Å². The van der Waals surface area contributed by atoms with Crippen molar-refractivity contribution in [3.05, 3.63) is 53.7 Å². The van der Waals surface area contributed by atoms with E-state index < -0.39 is 0 Å². The molecule has 1 amide bonds. The number of aromatic nitrogens is 1. The number of amides is 1. The minimum absolute atomic E-state index is 0.0577. The molecule has 8 nitrogen and oxygen atoms in total. The quantitative estimate of drug-likeness (QED) is 0.594. The third-order valence-electron chi connectivity index (χ3n) is 5.01. The molecule has 3 rings (SSSR count). The Morgan fingerprint density at radius 2 is 1.97 bits per heavy atom. The van der Waals surface area contributed by atoms with E-state index in [2.05, 4.69) is 15.2 Å². The van der Waals surface area contributed by atoms with Gasteiger partial charge in [0.1, 0.15) is 11.6 Å². The number of aryl methyl sites for hydroxylation is 1. The second-order valence-electron chi connectivity index (χ2n) is 7.28. The third kappa shape index (κ3) is 8.08. The van der Waals surface area contributed by atoms with E-state index in [1.54, 1.807) is 6.20 Å². The SMILES string of the molecule is Cc1ccc(OCC(=O)NCC2CCN(Cc3cccnc3N)CC2)cc1.O=CO. The van der Waals surface area contributed by atoms with Crippen molar-refractivity contribution in [2.75, 3.05) is 32.0 Å². The fourth-order valence-corrected chi connectivity index (χ4v) is 3.27. The summed E-state index contributed by atoms with van der Waals surface area (Å²) in [5.41, 5.74) is 8.18. The number of benzene rings is 1. The first-order valence-corrected chi connectivity index (χ1v) is 9.97. The Morgan fingerprint density at radius 1 is 1.30 bits per heavy atom. The minimum atomic E-state index is -0.250. The lowest BCUT2D eigenvalue weighted by Gasteiger charge is -2.32. The number of anilines is 1. The van der Waals surface area contributed by atoms with E-state index in [4.69, 9.17) is 20.4 Å². The maximum Gasteiger partial charge on any atom is 0.290 e. The molecule has 8 heteroatoms. The van der Waals surface area contributed by atoms with Crippen LogP contribution in [0.4, 0.5) is 5.82 Å². The molecule has 4 N–H and O–H groups in total. The number of nitrogen functional groups attached to an aromatic ring is 1. The molecule has 0 unspecified atom stereocenters. The van der Waals surface area contributed by atoms with Crippen LogP contribution in [0.15, 0.2) is 42.6 Å². The van der Waals surface area contributed by atoms with Gasteiger partial charge in [-0.05, 0) is 57.0 Å². The number of carbonyl (C=O) groups is 2. The number of nitrogens with zero attached hydrogens (tertiary/aromatic N) is 2. The van der Waals surface area contributed by atoms with Crippen LogP contribution in [-0.4, -0.2) is 53.6 Å². The Hall–Kier alpha value is -3.13. The summed E-state index contributed by atoms with van der Waals surface area (Å²) < 4.78 is 5.52. The standard InChI is InChI=1S/C21H28N4O2.CH2O2/c1-16-4-6-19(7-5-16)27-15-20(26)24-13-17-8-11-25(12-9-17)14-18-3-2-10-23-21(18)22;2-1-3/h2-7,10,17H,8-9,11-15H2,1H3,(H2,22,23)(H,24,26);1H,(H,2,3). The fourth-order valence-electron chi connectivity index (χ4n) is 3.27. The molecule has 0 saturated carbocycles. The highest BCUT2D eigenvalue weighted by molar-refractivity contribution is 5.77. The smallest absolute Gasteiger partial charge is 0.290 e. The number of nitrogens with one attached hydrogen (secondary N) is 1. The zero-order valence-corrected chi connectivity index (χ0v) is 17.3. The van der Waals surface area contributed by atoms with E-state index in [0.717, 1.165) is 43.8 Å². The van der Waals surface area contributed by atoms with Crippen LogP contribution in [0, 0.1) is 12.8 Å². The van der Waals surface area contributed by atoms with Crippen LogP contribution in [0.2, 0.25) is 0 Å². The van der Waals surface area contributed by atoms with Gasteiger partial charge in [0.25, 0.3) is 12.4 Å². The van der Waals surface area contributed by atoms with Crippen LogP contribution in [0.3, 0.4) is 0 Å². The van der Waals surface area contributed by atoms with Crippen molar-refractivity contribution >= 4 is 18.2 Å². The Labute approximate surface area is 177 Å². The summed E-state index contributed by atoms with van der Waals surface area (Å²) in [6.45, 7) is 5.39. The van der Waals surface area contributed by atoms with Gasteiger partial charge in [-0.1, -0.05) is 23.8 Å². The summed E-state index contributed by atoms with van der Waals surface area (Å²) in [5, 5.41) is 9.88. The molecule has 0 radical (unpaired) electrons. The normalized spacial score (nSPS) is 14.3. The molecule has 0 aliphatic carbocycles. The summed E-state index contributed by atoms with van der Waals surface area (Å²) in [6.07, 6.45) is 3.86. The Bertz CT molecular complexity index is 790. The molecule has 1 aromatic heterocycles. The van der Waals surface area contributed by atoms with E-state index in [1.807, 2.05) is 43.3 Å². The number of rotatable bonds is 7. The number of likely N-dealkylation sites (tertiary alicyclic amines) is 1. The summed E-state index contributed by atoms with van der Waals surface area (Å²) in [4.78, 5) is 26.9. The van der Waals surface area contributed by atoms with Gasteiger partial charge in [0.05, 0.1) is 0 Å². The number of hydrogen-bond donors (Lipinski definition) is 3. The van der Waals surface area contributed by atoms with Crippen molar-refractivity contribution in [1.29, 1.82) is 0 Å². The predicted molar refractivity (Wildman–Crippen MR) is 115 cm³/mol. The number of ether oxygens (including phenoxy) is 1. The average Bonchev–Trinajstić information content (AvgIpc) is 2.75. The van der Waals surface area contributed by atoms with E-state index in [-0.39, 0.29) is 19.0 Å². The van der Waals surface area contributed by atoms with Crippen molar-refractivity contribution in [2.45, 2.75) is 26.3 Å². The molecular formula is C22H30N4O4. The molecule has 2 aromatic rings. The van der Waals surface area contributed by atoms with Crippen molar-refractivity contribution < 1.29 is 19.4 Å². The topological polar surface area (TPSA) is 118 Å². The fraction of sp³-hybridized carbons (Fsp3) is 0.409. The second-order valence-corrected chi connectivity index (χ2v) is 7.28. The second kappa shape index (κ2) is 12.4. The van der Waals surface area contributed by atoms with Gasteiger partial charge in [-0.15, -0.1) is 0 Å². The lowest BCUT2D eigenvalue weighted by Crippen LogP contribution is -2.39. The van der Waals surface area contributed by atoms with Crippen LogP contribution in [0.1, 0.15) is 24.0 Å². The van der Waals surface area contributed by atoms with Gasteiger partial charge < -0.3 is 20.9 Å². The van der Waals surface area contributed by atoms with Crippen molar-refractivity contribution in [2.24, 2.45) is 5.92 Å². The number of pyridine rings is 1. The van der Waals surface area contributed by atoms with Crippen LogP contribution < -0.4 is 15.8 Å². The van der Waals surface area contributed by atoms with Crippen LogP contribution >= 0.6 is 0 Å². The van der Waals surface area contributed by atoms with Crippen molar-refractivity contribution in [3.8, 4) is 5.75 Å². The van der Waals surface area contributed by atoms with Crippen molar-refractivity contribution in [1.82, 2.24) is 15.2 Å². The highest BCUT2D eigenvalue weighted by Crippen LogP contribution is 2.20. The van der Waals surface area contributed by atoms with Crippen molar-refractivity contribution in [3.63, 3.8) is 0 Å². The number of nitrogens with two attached hydrogens (primary N) is 1. The third-order valence-corrected chi connectivity index (χ3v) is 5.01. The molecule has 1 aromatic carbocycles. The summed E-state index contributed by atoms with van der Waals surface area (Å²) >= 11 is 0. The van der Waals surface area contributed by atoms with Crippen LogP contribution in [0.5, 0.6) is 5.75 Å². The number of hydrogen-bond acceptors (Lipinski definition) is 6. The molecular weight excluding hydrogens is 384 g/mol. The van der Waals surface area contributed by atoms with E-state index in [1.165, 1.54) is 5.56 Å². The molecule has 162 valence electrons. The molecule has 1 saturated heterocycles. The monoisotopic (exact) mass is 414 g/mol. The van der Waals surface area contributed by atoms with Crippen LogP contribution in [-0.2, 0) is 16.1 Å². The zero-order valence-electron chi connectivity index (χ0n) is 17.3. The molecule has 0 bridgehead atoms. The Morgan fingerprint density at radius 3 is 2.60 bits per heavy atom. The predicted octanol–water partition coefficient (Wildman–Crippen LogP) is 2.08. The van der Waals surface area contributed by atoms with E-state index in [9.17, 15) is 4.79 Å². The lowest BCUT2D eigenvalue weighted by atomic mass is 9.96. The highest BCUT2D eigenvalue weighted by Gasteiger charge is 2.20. The first-order valence-electron chi connectivity index (χ1n) is 9.97. The van der Waals surface area contributed by atoms with Gasteiger partial charge in [-0.25, -0.2) is 4.98 Å². The summed E-state index contributed by atoms with van der Waals surface area (Å²) in [7, 11) is 0. The Kier molecular flexibility index (Phi) is 9.60. The zero-order chi connectivity index (χ0) is 21.8. The number of piperidine rings is 1. The largest absolute Gasteiger partial charge is 0.484 e. The maximum atomic E-state index is 12.0. The van der Waals surface area contributed by atoms with Gasteiger partial charge in [-0.3, -0.25) is 14.5 Å². The Balaban J connectivity index is 0.00000101.